The van der Waals surface area contributed by atoms with Gasteiger partial charge in [0.2, 0.25) is 5.91 Å². The number of carbonyl (C=O) groups excluding carboxylic acids is 1. The Kier molecular flexibility index (Phi) is 6.54. The molecule has 1 saturated heterocycles. The summed E-state index contributed by atoms with van der Waals surface area (Å²) >= 11 is 3.72. The van der Waals surface area contributed by atoms with E-state index in [0.717, 1.165) is 18.7 Å². The molecule has 2 heterocycles. The molecule has 176 valence electrons. The maximum Gasteiger partial charge on any atom is 0.223 e. The summed E-state index contributed by atoms with van der Waals surface area (Å²) in [5, 5.41) is 0. The van der Waals surface area contributed by atoms with Crippen LogP contribution in [0, 0.1) is 5.92 Å². The van der Waals surface area contributed by atoms with Crippen molar-refractivity contribution >= 4 is 29.4 Å². The van der Waals surface area contributed by atoms with E-state index in [2.05, 4.69) is 72.5 Å². The van der Waals surface area contributed by atoms with Crippen LogP contribution in [-0.2, 0) is 16.8 Å². The molecule has 6 heteroatoms. The average Bonchev–Trinajstić information content (AvgIpc) is 3.14. The van der Waals surface area contributed by atoms with Crippen LogP contribution in [0.25, 0.3) is 0 Å². The van der Waals surface area contributed by atoms with E-state index in [4.69, 9.17) is 9.47 Å². The number of hydrogen-bond acceptors (Lipinski definition) is 5. The largest absolute Gasteiger partial charge is 0.493 e. The SMILES string of the molecule is COc1cc2c(cc1OC)[C@]1(C)[C@H](C(Sc3ccccc3)Sc3ccccc3)CC(=O)N1CC2. The second kappa shape index (κ2) is 9.59. The molecule has 34 heavy (non-hydrogen) atoms. The Balaban J connectivity index is 1.60. The van der Waals surface area contributed by atoms with Gasteiger partial charge in [-0.1, -0.05) is 36.4 Å². The van der Waals surface area contributed by atoms with Crippen LogP contribution in [0.1, 0.15) is 24.5 Å². The van der Waals surface area contributed by atoms with Gasteiger partial charge in [-0.3, -0.25) is 4.79 Å². The Morgan fingerprint density at radius 3 is 2.03 bits per heavy atom. The predicted octanol–water partition coefficient (Wildman–Crippen LogP) is 6.23. The maximum atomic E-state index is 13.4. The molecule has 0 aliphatic carbocycles. The fraction of sp³-hybridized carbons (Fsp3) is 0.321. The van der Waals surface area contributed by atoms with Gasteiger partial charge in [-0.25, -0.2) is 0 Å². The van der Waals surface area contributed by atoms with Gasteiger partial charge in [0.15, 0.2) is 11.5 Å². The highest BCUT2D eigenvalue weighted by Gasteiger charge is 2.56. The first-order valence-electron chi connectivity index (χ1n) is 11.5. The van der Waals surface area contributed by atoms with Gasteiger partial charge in [-0.05, 0) is 60.9 Å². The van der Waals surface area contributed by atoms with Gasteiger partial charge in [0.25, 0.3) is 0 Å². The van der Waals surface area contributed by atoms with Crippen molar-refractivity contribution in [2.45, 2.75) is 39.7 Å². The molecule has 0 radical (unpaired) electrons. The van der Waals surface area contributed by atoms with Crippen LogP contribution < -0.4 is 9.47 Å². The van der Waals surface area contributed by atoms with Gasteiger partial charge in [0, 0.05) is 28.7 Å². The standard InChI is InChI=1S/C28H29NO3S2/c1-28-22-17-25(32-3)24(31-2)16-19(22)14-15-29(28)26(30)18-23(28)27(33-20-10-6-4-7-11-20)34-21-12-8-5-9-13-21/h4-13,16-17,23,27H,14-15,18H2,1-3H3/t23-,28+/m0/s1. The van der Waals surface area contributed by atoms with Crippen LogP contribution in [0.2, 0.25) is 0 Å². The molecule has 0 saturated carbocycles. The van der Waals surface area contributed by atoms with Crippen LogP contribution in [0.4, 0.5) is 0 Å². The molecule has 2 atom stereocenters. The second-order valence-electron chi connectivity index (χ2n) is 8.85. The minimum atomic E-state index is -0.418. The normalized spacial score (nSPS) is 21.4. The zero-order valence-corrected chi connectivity index (χ0v) is 21.3. The molecular weight excluding hydrogens is 462 g/mol. The van der Waals surface area contributed by atoms with E-state index in [0.29, 0.717) is 12.2 Å². The van der Waals surface area contributed by atoms with Crippen molar-refractivity contribution in [3.8, 4) is 11.5 Å². The first-order chi connectivity index (χ1) is 16.5. The minimum Gasteiger partial charge on any atom is -0.493 e. The first kappa shape index (κ1) is 23.2. The quantitative estimate of drug-likeness (QED) is 0.289. The van der Waals surface area contributed by atoms with Gasteiger partial charge < -0.3 is 14.4 Å². The minimum absolute atomic E-state index is 0.118. The summed E-state index contributed by atoms with van der Waals surface area (Å²) in [5.41, 5.74) is 2.00. The highest BCUT2D eigenvalue weighted by Crippen LogP contribution is 2.56. The van der Waals surface area contributed by atoms with E-state index in [1.165, 1.54) is 20.9 Å². The lowest BCUT2D eigenvalue weighted by Gasteiger charge is -2.46. The number of nitrogens with zero attached hydrogens (tertiary/aromatic N) is 1. The summed E-state index contributed by atoms with van der Waals surface area (Å²) in [5.74, 6) is 1.81. The molecule has 0 N–H and O–H groups in total. The molecule has 5 rings (SSSR count). The number of fused-ring (bicyclic) bond motifs is 3. The summed E-state index contributed by atoms with van der Waals surface area (Å²) in [7, 11) is 3.34. The third kappa shape index (κ3) is 4.07. The van der Waals surface area contributed by atoms with Crippen LogP contribution in [-0.4, -0.2) is 36.2 Å². The first-order valence-corrected chi connectivity index (χ1v) is 13.3. The van der Waals surface area contributed by atoms with Crippen molar-refractivity contribution < 1.29 is 14.3 Å². The molecule has 1 amide bonds. The number of rotatable bonds is 7. The van der Waals surface area contributed by atoms with Gasteiger partial charge in [-0.15, -0.1) is 23.5 Å². The summed E-state index contributed by atoms with van der Waals surface area (Å²) in [6, 6.07) is 25.2. The molecule has 0 spiro atoms. The fourth-order valence-electron chi connectivity index (χ4n) is 5.31. The topological polar surface area (TPSA) is 38.8 Å². The summed E-state index contributed by atoms with van der Waals surface area (Å²) in [6.07, 6.45) is 1.36. The zero-order valence-electron chi connectivity index (χ0n) is 19.7. The number of benzene rings is 3. The third-order valence-electron chi connectivity index (χ3n) is 7.06. The summed E-state index contributed by atoms with van der Waals surface area (Å²) in [4.78, 5) is 17.9. The Hall–Kier alpha value is -2.57. The molecule has 0 bridgehead atoms. The predicted molar refractivity (Wildman–Crippen MR) is 139 cm³/mol. The monoisotopic (exact) mass is 491 g/mol. The molecule has 0 aromatic heterocycles. The molecule has 2 aliphatic rings. The molecule has 1 fully saturated rings. The Labute approximate surface area is 210 Å². The molecular formula is C28H29NO3S2. The van der Waals surface area contributed by atoms with Crippen LogP contribution in [0.5, 0.6) is 11.5 Å². The molecule has 0 unspecified atom stereocenters. The average molecular weight is 492 g/mol. The van der Waals surface area contributed by atoms with Crippen LogP contribution in [0.15, 0.2) is 82.6 Å². The highest BCUT2D eigenvalue weighted by atomic mass is 32.2. The Bertz CT molecular complexity index is 1130. The van der Waals surface area contributed by atoms with Crippen LogP contribution >= 0.6 is 23.5 Å². The van der Waals surface area contributed by atoms with E-state index < -0.39 is 5.54 Å². The highest BCUT2D eigenvalue weighted by molar-refractivity contribution is 8.17. The fourth-order valence-corrected chi connectivity index (χ4v) is 8.38. The number of thioether (sulfide) groups is 2. The maximum absolute atomic E-state index is 13.4. The summed E-state index contributed by atoms with van der Waals surface area (Å²) in [6.45, 7) is 2.98. The van der Waals surface area contributed by atoms with E-state index in [1.807, 2.05) is 35.7 Å². The lowest BCUT2D eigenvalue weighted by Crippen LogP contribution is -2.50. The molecule has 2 aliphatic heterocycles. The zero-order chi connectivity index (χ0) is 23.7. The van der Waals surface area contributed by atoms with Gasteiger partial charge in [0.1, 0.15) is 0 Å². The molecule has 4 nitrogen and oxygen atoms in total. The smallest absolute Gasteiger partial charge is 0.223 e. The van der Waals surface area contributed by atoms with Crippen molar-refractivity contribution in [2.24, 2.45) is 5.92 Å². The lowest BCUT2D eigenvalue weighted by molar-refractivity contribution is -0.131. The Morgan fingerprint density at radius 1 is 0.912 bits per heavy atom. The van der Waals surface area contributed by atoms with E-state index in [1.54, 1.807) is 14.2 Å². The molecule has 3 aromatic rings. The second-order valence-corrected chi connectivity index (χ2v) is 11.6. The number of methoxy groups -OCH3 is 2. The number of hydrogen-bond donors (Lipinski definition) is 0. The van der Waals surface area contributed by atoms with Crippen LogP contribution in [0.3, 0.4) is 0 Å². The van der Waals surface area contributed by atoms with Crippen molar-refractivity contribution in [3.63, 3.8) is 0 Å². The lowest BCUT2D eigenvalue weighted by atomic mass is 9.76. The van der Waals surface area contributed by atoms with Gasteiger partial charge >= 0.3 is 0 Å². The number of carbonyl (C=O) groups is 1. The van der Waals surface area contributed by atoms with Gasteiger partial charge in [-0.2, -0.15) is 0 Å². The molecule has 3 aromatic carbocycles. The van der Waals surface area contributed by atoms with E-state index >= 15 is 0 Å². The number of amides is 1. The summed E-state index contributed by atoms with van der Waals surface area (Å²) < 4.78 is 11.4. The number of ether oxygens (including phenoxy) is 2. The van der Waals surface area contributed by atoms with Crippen molar-refractivity contribution in [1.82, 2.24) is 4.90 Å². The van der Waals surface area contributed by atoms with E-state index in [9.17, 15) is 4.79 Å². The Morgan fingerprint density at radius 2 is 1.47 bits per heavy atom. The third-order valence-corrected chi connectivity index (χ3v) is 9.84. The van der Waals surface area contributed by atoms with Crippen molar-refractivity contribution in [2.75, 3.05) is 20.8 Å². The van der Waals surface area contributed by atoms with Crippen molar-refractivity contribution in [3.05, 3.63) is 83.9 Å². The van der Waals surface area contributed by atoms with Gasteiger partial charge in [0.05, 0.1) is 24.3 Å². The van der Waals surface area contributed by atoms with E-state index in [-0.39, 0.29) is 16.4 Å². The van der Waals surface area contributed by atoms with Crippen molar-refractivity contribution in [1.29, 1.82) is 0 Å².